The van der Waals surface area contributed by atoms with Crippen molar-refractivity contribution in [1.29, 1.82) is 0 Å². The normalized spacial score (nSPS) is 19.8. The second-order valence-corrected chi connectivity index (χ2v) is 7.49. The minimum Gasteiger partial charge on any atom is -0.481 e. The van der Waals surface area contributed by atoms with Gasteiger partial charge >= 0.3 is 0 Å². The summed E-state index contributed by atoms with van der Waals surface area (Å²) >= 11 is 0. The highest BCUT2D eigenvalue weighted by atomic mass is 16.5. The van der Waals surface area contributed by atoms with Crippen LogP contribution in [0.2, 0.25) is 0 Å². The average molecular weight is 361 g/mol. The summed E-state index contributed by atoms with van der Waals surface area (Å²) in [5.41, 5.74) is 12.8. The summed E-state index contributed by atoms with van der Waals surface area (Å²) in [5.74, 6) is 1.02. The Kier molecular flexibility index (Phi) is 6.99. The van der Waals surface area contributed by atoms with Crippen LogP contribution in [-0.2, 0) is 11.2 Å². The molecule has 0 saturated heterocycles. The van der Waals surface area contributed by atoms with Crippen molar-refractivity contribution in [3.05, 3.63) is 34.0 Å². The zero-order valence-corrected chi connectivity index (χ0v) is 17.4. The molecule has 0 saturated carbocycles. The van der Waals surface area contributed by atoms with Gasteiger partial charge in [-0.2, -0.15) is 0 Å². The first-order valence-electron chi connectivity index (χ1n) is 9.95. The third-order valence-corrected chi connectivity index (χ3v) is 5.51. The number of allylic oxidation sites excluding steroid dienone is 1. The molecule has 0 radical (unpaired) electrons. The van der Waals surface area contributed by atoms with E-state index in [4.69, 9.17) is 15.2 Å². The molecule has 0 bridgehead atoms. The maximum atomic E-state index is 6.63. The Morgan fingerprint density at radius 3 is 2.58 bits per heavy atom. The molecule has 146 valence electrons. The zero-order chi connectivity index (χ0) is 19.3. The smallest absolute Gasteiger partial charge is 0.145 e. The van der Waals surface area contributed by atoms with Crippen LogP contribution in [0.25, 0.3) is 0 Å². The Bertz CT molecular complexity index is 667. The van der Waals surface area contributed by atoms with Gasteiger partial charge in [0.15, 0.2) is 0 Å². The fourth-order valence-corrected chi connectivity index (χ4v) is 3.66. The van der Waals surface area contributed by atoms with E-state index in [2.05, 4.69) is 52.9 Å². The van der Waals surface area contributed by atoms with Gasteiger partial charge in [-0.1, -0.05) is 19.9 Å². The molecular formula is C22H36N2O2. The minimum absolute atomic E-state index is 0.340. The number of nitrogen functional groups attached to an aromatic ring is 1. The summed E-state index contributed by atoms with van der Waals surface area (Å²) in [7, 11) is 0. The number of nitrogens with one attached hydrogen (secondary N) is 1. The number of rotatable bonds is 8. The van der Waals surface area contributed by atoms with Crippen molar-refractivity contribution >= 4 is 5.69 Å². The van der Waals surface area contributed by atoms with Crippen molar-refractivity contribution < 1.29 is 9.47 Å². The largest absolute Gasteiger partial charge is 0.481 e. The van der Waals surface area contributed by atoms with Crippen molar-refractivity contribution in [3.8, 4) is 5.75 Å². The maximum absolute atomic E-state index is 6.63. The van der Waals surface area contributed by atoms with Gasteiger partial charge in [0, 0.05) is 18.8 Å². The molecule has 26 heavy (non-hydrogen) atoms. The lowest BCUT2D eigenvalue weighted by molar-refractivity contribution is 0.0885. The lowest BCUT2D eigenvalue weighted by atomic mass is 9.85. The van der Waals surface area contributed by atoms with E-state index in [9.17, 15) is 0 Å². The van der Waals surface area contributed by atoms with Crippen LogP contribution < -0.4 is 15.8 Å². The third-order valence-electron chi connectivity index (χ3n) is 5.51. The molecule has 1 aromatic rings. The molecule has 1 heterocycles. The van der Waals surface area contributed by atoms with Gasteiger partial charge in [0.25, 0.3) is 0 Å². The number of fused-ring (bicyclic) bond motifs is 1. The van der Waals surface area contributed by atoms with E-state index in [-0.39, 0.29) is 5.60 Å². The predicted molar refractivity (Wildman–Crippen MR) is 110 cm³/mol. The quantitative estimate of drug-likeness (QED) is 0.526. The first kappa shape index (κ1) is 20.6. The molecule has 1 aliphatic heterocycles. The summed E-state index contributed by atoms with van der Waals surface area (Å²) < 4.78 is 12.2. The summed E-state index contributed by atoms with van der Waals surface area (Å²) in [6.07, 6.45) is 6.20. The van der Waals surface area contributed by atoms with E-state index >= 15 is 0 Å². The highest BCUT2D eigenvalue weighted by Crippen LogP contribution is 2.43. The molecule has 2 rings (SSSR count). The van der Waals surface area contributed by atoms with Crippen molar-refractivity contribution in [2.75, 3.05) is 25.5 Å². The monoisotopic (exact) mass is 360 g/mol. The highest BCUT2D eigenvalue weighted by molar-refractivity contribution is 5.65. The van der Waals surface area contributed by atoms with E-state index in [1.54, 1.807) is 0 Å². The molecule has 1 unspecified atom stereocenters. The standard InChI is InChI=1S/C22H36N2O2/c1-7-9-19(24-12-14-25-13-8-2)22(6)11-10-18-17(5)20(23)15(3)16(4)21(18)26-22/h9,24H,7-8,10-14,23H2,1-6H3/b19-9+. The van der Waals surface area contributed by atoms with Gasteiger partial charge in [-0.15, -0.1) is 0 Å². The van der Waals surface area contributed by atoms with Crippen LogP contribution in [-0.4, -0.2) is 25.4 Å². The summed E-state index contributed by atoms with van der Waals surface area (Å²) in [5, 5.41) is 3.57. The van der Waals surface area contributed by atoms with Crippen LogP contribution in [0.4, 0.5) is 5.69 Å². The first-order chi connectivity index (χ1) is 12.4. The molecule has 4 nitrogen and oxygen atoms in total. The van der Waals surface area contributed by atoms with Gasteiger partial charge in [0.1, 0.15) is 11.4 Å². The molecular weight excluding hydrogens is 324 g/mol. The predicted octanol–water partition coefficient (Wildman–Crippen LogP) is 4.59. The van der Waals surface area contributed by atoms with Crippen LogP contribution in [0.3, 0.4) is 0 Å². The Balaban J connectivity index is 2.23. The summed E-state index contributed by atoms with van der Waals surface area (Å²) in [6.45, 7) is 15.1. The zero-order valence-electron chi connectivity index (χ0n) is 17.4. The second kappa shape index (κ2) is 8.81. The van der Waals surface area contributed by atoms with Crippen molar-refractivity contribution in [1.82, 2.24) is 5.32 Å². The Morgan fingerprint density at radius 2 is 1.92 bits per heavy atom. The second-order valence-electron chi connectivity index (χ2n) is 7.49. The van der Waals surface area contributed by atoms with Crippen LogP contribution >= 0.6 is 0 Å². The minimum atomic E-state index is -0.340. The van der Waals surface area contributed by atoms with Crippen molar-refractivity contribution in [2.45, 2.75) is 72.8 Å². The molecule has 1 aromatic carbocycles. The van der Waals surface area contributed by atoms with Gasteiger partial charge in [-0.3, -0.25) is 0 Å². The Hall–Kier alpha value is -1.68. The SMILES string of the molecule is CC/C=C(/NCCOCCC)C1(C)CCc2c(C)c(N)c(C)c(C)c2O1. The van der Waals surface area contributed by atoms with Gasteiger partial charge in [0.05, 0.1) is 12.3 Å². The van der Waals surface area contributed by atoms with Gasteiger partial charge < -0.3 is 20.5 Å². The lowest BCUT2D eigenvalue weighted by Crippen LogP contribution is -2.44. The molecule has 1 atom stereocenters. The number of nitrogens with two attached hydrogens (primary N) is 1. The van der Waals surface area contributed by atoms with Crippen LogP contribution in [0, 0.1) is 20.8 Å². The van der Waals surface area contributed by atoms with E-state index in [0.29, 0.717) is 0 Å². The number of ether oxygens (including phenoxy) is 2. The molecule has 0 aromatic heterocycles. The molecule has 0 fully saturated rings. The first-order valence-corrected chi connectivity index (χ1v) is 9.95. The van der Waals surface area contributed by atoms with Crippen LogP contribution in [0.1, 0.15) is 62.3 Å². The van der Waals surface area contributed by atoms with E-state index in [1.165, 1.54) is 11.1 Å². The fraction of sp³-hybridized carbons (Fsp3) is 0.636. The number of benzene rings is 1. The van der Waals surface area contributed by atoms with E-state index in [1.807, 2.05) is 0 Å². The summed E-state index contributed by atoms with van der Waals surface area (Å²) in [4.78, 5) is 0. The Labute approximate surface area is 159 Å². The molecule has 1 aliphatic rings. The molecule has 3 N–H and O–H groups in total. The van der Waals surface area contributed by atoms with Gasteiger partial charge in [-0.25, -0.2) is 0 Å². The van der Waals surface area contributed by atoms with Crippen LogP contribution in [0.15, 0.2) is 11.8 Å². The number of anilines is 1. The lowest BCUT2D eigenvalue weighted by Gasteiger charge is -2.40. The van der Waals surface area contributed by atoms with Crippen molar-refractivity contribution in [3.63, 3.8) is 0 Å². The Morgan fingerprint density at radius 1 is 1.19 bits per heavy atom. The van der Waals surface area contributed by atoms with Crippen molar-refractivity contribution in [2.24, 2.45) is 0 Å². The average Bonchev–Trinajstić information content (AvgIpc) is 2.63. The van der Waals surface area contributed by atoms with E-state index < -0.39 is 0 Å². The van der Waals surface area contributed by atoms with E-state index in [0.717, 1.165) is 73.7 Å². The number of hydrogen-bond donors (Lipinski definition) is 2. The number of hydrogen-bond acceptors (Lipinski definition) is 4. The topological polar surface area (TPSA) is 56.5 Å². The third kappa shape index (κ3) is 4.17. The molecule has 0 amide bonds. The van der Waals surface area contributed by atoms with Crippen LogP contribution in [0.5, 0.6) is 5.75 Å². The molecule has 0 spiro atoms. The molecule has 0 aliphatic carbocycles. The fourth-order valence-electron chi connectivity index (χ4n) is 3.66. The summed E-state index contributed by atoms with van der Waals surface area (Å²) in [6, 6.07) is 0. The highest BCUT2D eigenvalue weighted by Gasteiger charge is 2.37. The molecule has 4 heteroatoms. The van der Waals surface area contributed by atoms with Gasteiger partial charge in [-0.05, 0) is 75.6 Å². The maximum Gasteiger partial charge on any atom is 0.145 e. The van der Waals surface area contributed by atoms with Gasteiger partial charge in [0.2, 0.25) is 0 Å².